The van der Waals surface area contributed by atoms with E-state index >= 15 is 0 Å². The highest BCUT2D eigenvalue weighted by Crippen LogP contribution is 2.18. The monoisotopic (exact) mass is 212 g/mol. The van der Waals surface area contributed by atoms with Crippen LogP contribution in [0.3, 0.4) is 0 Å². The third kappa shape index (κ3) is 2.77. The summed E-state index contributed by atoms with van der Waals surface area (Å²) in [5, 5.41) is 9.74. The van der Waals surface area contributed by atoms with Gasteiger partial charge in [0.1, 0.15) is 10.9 Å². The summed E-state index contributed by atoms with van der Waals surface area (Å²) >= 11 is 1.41. The van der Waals surface area contributed by atoms with Gasteiger partial charge in [0.05, 0.1) is 23.9 Å². The van der Waals surface area contributed by atoms with E-state index in [2.05, 4.69) is 11.1 Å². The first kappa shape index (κ1) is 11.1. The van der Waals surface area contributed by atoms with E-state index in [1.807, 2.05) is 0 Å². The molecule has 1 heterocycles. The smallest absolute Gasteiger partial charge is 0.130 e. The third-order valence-corrected chi connectivity index (χ3v) is 2.71. The van der Waals surface area contributed by atoms with Crippen molar-refractivity contribution in [1.82, 2.24) is 4.98 Å². The Morgan fingerprint density at radius 2 is 2.21 bits per heavy atom. The van der Waals surface area contributed by atoms with Gasteiger partial charge < -0.3 is 9.47 Å². The Labute approximate surface area is 87.1 Å². The second-order valence-corrected chi connectivity index (χ2v) is 3.75. The van der Waals surface area contributed by atoms with Gasteiger partial charge in [-0.15, -0.1) is 11.3 Å². The van der Waals surface area contributed by atoms with Crippen molar-refractivity contribution in [1.29, 1.82) is 5.26 Å². The van der Waals surface area contributed by atoms with Crippen molar-refractivity contribution in [2.45, 2.75) is 13.0 Å². The van der Waals surface area contributed by atoms with E-state index in [-0.39, 0.29) is 0 Å². The summed E-state index contributed by atoms with van der Waals surface area (Å²) in [7, 11) is 3.24. The van der Waals surface area contributed by atoms with Crippen molar-refractivity contribution in [3.05, 3.63) is 15.6 Å². The Bertz CT molecular complexity index is 330. The normalized spacial score (nSPS) is 10.1. The highest BCUT2D eigenvalue weighted by molar-refractivity contribution is 7.12. The van der Waals surface area contributed by atoms with Gasteiger partial charge in [-0.2, -0.15) is 5.26 Å². The highest BCUT2D eigenvalue weighted by Gasteiger charge is 2.09. The molecule has 0 saturated heterocycles. The number of aromatic nitrogens is 1. The summed E-state index contributed by atoms with van der Waals surface area (Å²) in [6.07, 6.45) is 0.750. The Morgan fingerprint density at radius 1 is 1.43 bits per heavy atom. The van der Waals surface area contributed by atoms with Crippen molar-refractivity contribution in [3.8, 4) is 6.07 Å². The van der Waals surface area contributed by atoms with Gasteiger partial charge in [-0.05, 0) is 0 Å². The van der Waals surface area contributed by atoms with Crippen molar-refractivity contribution in [2.24, 2.45) is 0 Å². The molecule has 0 aliphatic heterocycles. The largest absolute Gasteiger partial charge is 0.384 e. The van der Waals surface area contributed by atoms with Crippen LogP contribution < -0.4 is 0 Å². The molecule has 76 valence electrons. The molecule has 0 saturated carbocycles. The maximum Gasteiger partial charge on any atom is 0.130 e. The third-order valence-electron chi connectivity index (χ3n) is 1.64. The number of thiazole rings is 1. The lowest BCUT2D eigenvalue weighted by atomic mass is 10.4. The van der Waals surface area contributed by atoms with Crippen molar-refractivity contribution in [3.63, 3.8) is 0 Å². The van der Waals surface area contributed by atoms with Crippen LogP contribution in [0.1, 0.15) is 15.6 Å². The number of hydrogen-bond donors (Lipinski definition) is 0. The fourth-order valence-electron chi connectivity index (χ4n) is 1.02. The quantitative estimate of drug-likeness (QED) is 0.739. The van der Waals surface area contributed by atoms with Gasteiger partial charge in [-0.25, -0.2) is 4.98 Å². The van der Waals surface area contributed by atoms with Crippen LogP contribution >= 0.6 is 11.3 Å². The van der Waals surface area contributed by atoms with Crippen molar-refractivity contribution < 1.29 is 9.47 Å². The molecule has 0 aromatic carbocycles. The average molecular weight is 212 g/mol. The molecule has 0 radical (unpaired) electrons. The van der Waals surface area contributed by atoms with Crippen molar-refractivity contribution >= 4 is 11.3 Å². The fourth-order valence-corrected chi connectivity index (χ4v) is 1.86. The zero-order valence-corrected chi connectivity index (χ0v) is 9.06. The second kappa shape index (κ2) is 5.70. The minimum Gasteiger partial charge on any atom is -0.384 e. The molecule has 14 heavy (non-hydrogen) atoms. The molecule has 0 unspecified atom stereocenters. The van der Waals surface area contributed by atoms with Crippen LogP contribution in [0.15, 0.2) is 0 Å². The van der Waals surface area contributed by atoms with Crippen LogP contribution in [0.25, 0.3) is 0 Å². The maximum absolute atomic E-state index is 8.82. The molecule has 0 atom stereocenters. The van der Waals surface area contributed by atoms with Gasteiger partial charge in [-0.3, -0.25) is 0 Å². The summed E-state index contributed by atoms with van der Waals surface area (Å²) in [6.45, 7) is 1.02. The molecule has 4 nitrogen and oxygen atoms in total. The lowest BCUT2D eigenvalue weighted by molar-refractivity contribution is 0.181. The van der Waals surface area contributed by atoms with Gasteiger partial charge in [0, 0.05) is 20.6 Å². The first-order valence-electron chi connectivity index (χ1n) is 4.18. The number of nitrogens with zero attached hydrogens (tertiary/aromatic N) is 2. The number of methoxy groups -OCH3 is 2. The lowest BCUT2D eigenvalue weighted by Gasteiger charge is -1.93. The number of rotatable bonds is 5. The number of nitriles is 1. The summed E-state index contributed by atoms with van der Waals surface area (Å²) < 4.78 is 9.89. The van der Waals surface area contributed by atoms with Crippen LogP contribution in [0, 0.1) is 11.3 Å². The van der Waals surface area contributed by atoms with Crippen LogP contribution in [-0.4, -0.2) is 25.8 Å². The first-order chi connectivity index (χ1) is 6.81. The maximum atomic E-state index is 8.82. The topological polar surface area (TPSA) is 55.1 Å². The molecule has 0 aliphatic carbocycles. The zero-order chi connectivity index (χ0) is 10.4. The Morgan fingerprint density at radius 3 is 2.79 bits per heavy atom. The Hall–Kier alpha value is -0.960. The highest BCUT2D eigenvalue weighted by atomic mass is 32.1. The molecule has 0 fully saturated rings. The molecular weight excluding hydrogens is 200 g/mol. The van der Waals surface area contributed by atoms with E-state index in [1.165, 1.54) is 11.3 Å². The molecule has 5 heteroatoms. The zero-order valence-electron chi connectivity index (χ0n) is 8.24. The molecule has 0 spiro atoms. The molecule has 0 bridgehead atoms. The van der Waals surface area contributed by atoms with Gasteiger partial charge in [0.25, 0.3) is 0 Å². The molecule has 1 aromatic rings. The van der Waals surface area contributed by atoms with Crippen LogP contribution in [-0.2, 0) is 22.5 Å². The average Bonchev–Trinajstić information content (AvgIpc) is 2.58. The van der Waals surface area contributed by atoms with Crippen LogP contribution in [0.4, 0.5) is 0 Å². The minimum absolute atomic E-state index is 0.395. The lowest BCUT2D eigenvalue weighted by Crippen LogP contribution is -1.95. The Kier molecular flexibility index (Phi) is 4.53. The predicted octanol–water partition coefficient (Wildman–Crippen LogP) is 1.35. The number of hydrogen-bond acceptors (Lipinski definition) is 5. The van der Waals surface area contributed by atoms with Crippen molar-refractivity contribution in [2.75, 3.05) is 20.8 Å². The second-order valence-electron chi connectivity index (χ2n) is 2.67. The van der Waals surface area contributed by atoms with Crippen LogP contribution in [0.5, 0.6) is 0 Å². The molecular formula is C9H12N2O2S. The molecule has 0 N–H and O–H groups in total. The summed E-state index contributed by atoms with van der Waals surface area (Å²) in [4.78, 5) is 4.94. The molecule has 0 aliphatic rings. The molecule has 0 amide bonds. The van der Waals surface area contributed by atoms with Gasteiger partial charge in [0.2, 0.25) is 0 Å². The van der Waals surface area contributed by atoms with E-state index in [0.717, 1.165) is 17.1 Å². The van der Waals surface area contributed by atoms with Gasteiger partial charge >= 0.3 is 0 Å². The van der Waals surface area contributed by atoms with Crippen LogP contribution in [0.2, 0.25) is 0 Å². The van der Waals surface area contributed by atoms with E-state index in [1.54, 1.807) is 14.2 Å². The number of ether oxygens (including phenoxy) is 2. The molecule has 1 rings (SSSR count). The van der Waals surface area contributed by atoms with E-state index in [4.69, 9.17) is 14.7 Å². The van der Waals surface area contributed by atoms with E-state index < -0.39 is 0 Å². The Balaban J connectivity index is 2.74. The fraction of sp³-hybridized carbons (Fsp3) is 0.556. The summed E-state index contributed by atoms with van der Waals surface area (Å²) in [5.74, 6) is 0. The van der Waals surface area contributed by atoms with E-state index in [9.17, 15) is 0 Å². The standard InChI is InChI=1S/C9H12N2O2S/c1-12-4-3-9-11-7(6-13-2)8(5-10)14-9/h3-4,6H2,1-2H3. The SMILES string of the molecule is COCCc1nc(COC)c(C#N)s1. The first-order valence-corrected chi connectivity index (χ1v) is 5.00. The summed E-state index contributed by atoms with van der Waals surface area (Å²) in [5.41, 5.74) is 0.728. The summed E-state index contributed by atoms with van der Waals surface area (Å²) in [6, 6.07) is 2.11. The molecule has 1 aromatic heterocycles. The van der Waals surface area contributed by atoms with Gasteiger partial charge in [0.15, 0.2) is 0 Å². The van der Waals surface area contributed by atoms with Gasteiger partial charge in [-0.1, -0.05) is 0 Å². The van der Waals surface area contributed by atoms with E-state index in [0.29, 0.717) is 18.1 Å². The minimum atomic E-state index is 0.395. The predicted molar refractivity (Wildman–Crippen MR) is 53.1 cm³/mol.